The molecule has 0 bridgehead atoms. The van der Waals surface area contributed by atoms with E-state index in [-0.39, 0.29) is 30.8 Å². The highest BCUT2D eigenvalue weighted by Gasteiger charge is 2.42. The van der Waals surface area contributed by atoms with Crippen LogP contribution in [0.2, 0.25) is 0 Å². The molecule has 1 aromatic carbocycles. The van der Waals surface area contributed by atoms with E-state index in [1.54, 1.807) is 6.07 Å². The van der Waals surface area contributed by atoms with E-state index in [1.165, 1.54) is 4.90 Å². The van der Waals surface area contributed by atoms with Crippen LogP contribution in [0.25, 0.3) is 0 Å². The number of hydrogen-bond donors (Lipinski definition) is 2. The second-order valence-electron chi connectivity index (χ2n) is 6.08. The summed E-state index contributed by atoms with van der Waals surface area (Å²) in [5.41, 5.74) is 9.04. The van der Waals surface area contributed by atoms with Gasteiger partial charge in [0.15, 0.2) is 0 Å². The van der Waals surface area contributed by atoms with Crippen molar-refractivity contribution >= 4 is 29.6 Å². The molecule has 3 amide bonds. The molecule has 0 aliphatic carbocycles. The van der Waals surface area contributed by atoms with Gasteiger partial charge in [-0.2, -0.15) is 0 Å². The lowest BCUT2D eigenvalue weighted by atomic mass is 9.97. The molecule has 0 aromatic heterocycles. The number of imide groups is 1. The molecule has 23 heavy (non-hydrogen) atoms. The molecule has 0 spiro atoms. The van der Waals surface area contributed by atoms with E-state index in [0.717, 1.165) is 24.0 Å². The number of nitrogens with two attached hydrogens (primary N) is 1. The lowest BCUT2D eigenvalue weighted by molar-refractivity contribution is -0.126. The van der Waals surface area contributed by atoms with Gasteiger partial charge in [0, 0.05) is 23.4 Å². The molecule has 3 aliphatic rings. The minimum absolute atomic E-state index is 0.0121. The fraction of sp³-hybridized carbons (Fsp3) is 0.375. The van der Waals surface area contributed by atoms with Crippen LogP contribution in [0.4, 0.5) is 5.69 Å². The number of carbonyl (C=O) groups excluding carboxylic acids is 3. The van der Waals surface area contributed by atoms with E-state index < -0.39 is 11.9 Å². The van der Waals surface area contributed by atoms with Gasteiger partial charge < -0.3 is 10.6 Å². The fourth-order valence-corrected chi connectivity index (χ4v) is 3.53. The maximum Gasteiger partial charge on any atom is 0.255 e. The topological polar surface area (TPSA) is 105 Å². The van der Waals surface area contributed by atoms with Crippen LogP contribution in [0, 0.1) is 0 Å². The van der Waals surface area contributed by atoms with Crippen molar-refractivity contribution in [2.24, 2.45) is 4.99 Å². The fourth-order valence-electron chi connectivity index (χ4n) is 3.53. The zero-order chi connectivity index (χ0) is 16.1. The maximum atomic E-state index is 12.6. The second kappa shape index (κ2) is 4.91. The second-order valence-corrected chi connectivity index (χ2v) is 6.08. The Bertz CT molecular complexity index is 771. The van der Waals surface area contributed by atoms with Gasteiger partial charge in [0.1, 0.15) is 6.04 Å². The average molecular weight is 312 g/mol. The summed E-state index contributed by atoms with van der Waals surface area (Å²) in [6.45, 7) is 0.260. The van der Waals surface area contributed by atoms with E-state index in [4.69, 9.17) is 5.73 Å². The number of amides is 3. The Kier molecular flexibility index (Phi) is 2.97. The third-order valence-corrected chi connectivity index (χ3v) is 4.74. The summed E-state index contributed by atoms with van der Waals surface area (Å²) in [6.07, 6.45) is 3.75. The number of fused-ring (bicyclic) bond motifs is 1. The minimum atomic E-state index is -0.741. The Morgan fingerprint density at radius 1 is 1.26 bits per heavy atom. The Morgan fingerprint density at radius 2 is 2.09 bits per heavy atom. The normalized spacial score (nSPS) is 26.1. The number of nitrogens with zero attached hydrogens (tertiary/aromatic N) is 2. The first-order chi connectivity index (χ1) is 11.1. The third kappa shape index (κ3) is 2.03. The van der Waals surface area contributed by atoms with Gasteiger partial charge in [0.2, 0.25) is 11.8 Å². The number of anilines is 1. The van der Waals surface area contributed by atoms with Crippen LogP contribution in [0.5, 0.6) is 0 Å². The Hall–Kier alpha value is -2.70. The van der Waals surface area contributed by atoms with Crippen molar-refractivity contribution < 1.29 is 14.4 Å². The SMILES string of the molecule is Nc1c(C2CCC=N2)ccc2c1CN(C1CC(=O)NC1=O)C2=O. The van der Waals surface area contributed by atoms with Gasteiger partial charge in [-0.3, -0.25) is 24.7 Å². The monoisotopic (exact) mass is 312 g/mol. The van der Waals surface area contributed by atoms with Gasteiger partial charge in [-0.1, -0.05) is 6.07 Å². The summed E-state index contributed by atoms with van der Waals surface area (Å²) < 4.78 is 0. The summed E-state index contributed by atoms with van der Waals surface area (Å²) in [7, 11) is 0. The minimum Gasteiger partial charge on any atom is -0.398 e. The Balaban J connectivity index is 1.68. The zero-order valence-electron chi connectivity index (χ0n) is 12.4. The Morgan fingerprint density at radius 3 is 2.74 bits per heavy atom. The standard InChI is InChI=1S/C16H16N4O3/c17-14-9(11-2-1-5-18-11)4-3-8-10(14)7-20(16(8)23)12-6-13(21)19-15(12)22/h3-5,11-12H,1-2,6-7,17H2,(H,19,21,22). The van der Waals surface area contributed by atoms with Crippen molar-refractivity contribution in [1.29, 1.82) is 0 Å². The molecule has 1 saturated heterocycles. The van der Waals surface area contributed by atoms with Crippen LogP contribution in [0.1, 0.15) is 46.8 Å². The van der Waals surface area contributed by atoms with E-state index in [2.05, 4.69) is 10.3 Å². The number of nitrogen functional groups attached to an aromatic ring is 1. The van der Waals surface area contributed by atoms with E-state index in [1.807, 2.05) is 12.3 Å². The van der Waals surface area contributed by atoms with Gasteiger partial charge in [-0.25, -0.2) is 0 Å². The molecule has 1 aromatic rings. The highest BCUT2D eigenvalue weighted by Crippen LogP contribution is 2.38. The van der Waals surface area contributed by atoms with Gasteiger partial charge >= 0.3 is 0 Å². The van der Waals surface area contributed by atoms with E-state index >= 15 is 0 Å². The van der Waals surface area contributed by atoms with Crippen LogP contribution < -0.4 is 11.1 Å². The number of nitrogens with one attached hydrogen (secondary N) is 1. The van der Waals surface area contributed by atoms with Crippen LogP contribution >= 0.6 is 0 Å². The largest absolute Gasteiger partial charge is 0.398 e. The molecule has 3 aliphatic heterocycles. The van der Waals surface area contributed by atoms with Gasteiger partial charge in [-0.05, 0) is 30.7 Å². The summed E-state index contributed by atoms with van der Waals surface area (Å²) in [6, 6.07) is 2.91. The van der Waals surface area contributed by atoms with Crippen molar-refractivity contribution in [2.75, 3.05) is 5.73 Å². The van der Waals surface area contributed by atoms with Crippen LogP contribution in [0.3, 0.4) is 0 Å². The molecule has 3 heterocycles. The lowest BCUT2D eigenvalue weighted by Crippen LogP contribution is -2.40. The van der Waals surface area contributed by atoms with E-state index in [0.29, 0.717) is 11.3 Å². The van der Waals surface area contributed by atoms with Crippen LogP contribution in [-0.4, -0.2) is 34.9 Å². The molecule has 7 heteroatoms. The van der Waals surface area contributed by atoms with Gasteiger partial charge in [0.25, 0.3) is 5.91 Å². The first-order valence-corrected chi connectivity index (χ1v) is 7.64. The quantitative estimate of drug-likeness (QED) is 0.614. The summed E-state index contributed by atoms with van der Waals surface area (Å²) in [5.74, 6) is -1.02. The number of rotatable bonds is 2. The highest BCUT2D eigenvalue weighted by atomic mass is 16.2. The van der Waals surface area contributed by atoms with Gasteiger partial charge in [-0.15, -0.1) is 0 Å². The van der Waals surface area contributed by atoms with Crippen molar-refractivity contribution in [3.8, 4) is 0 Å². The predicted molar refractivity (Wildman–Crippen MR) is 82.7 cm³/mol. The number of benzene rings is 1. The molecule has 2 atom stereocenters. The van der Waals surface area contributed by atoms with E-state index in [9.17, 15) is 14.4 Å². The third-order valence-electron chi connectivity index (χ3n) is 4.74. The van der Waals surface area contributed by atoms with Crippen molar-refractivity contribution in [3.63, 3.8) is 0 Å². The van der Waals surface area contributed by atoms with Crippen LogP contribution in [0.15, 0.2) is 17.1 Å². The molecule has 3 N–H and O–H groups in total. The van der Waals surface area contributed by atoms with Crippen molar-refractivity contribution in [2.45, 2.75) is 37.9 Å². The first-order valence-electron chi connectivity index (χ1n) is 7.64. The number of aliphatic imine (C=N–C) groups is 1. The molecule has 4 rings (SSSR count). The molecule has 118 valence electrons. The zero-order valence-corrected chi connectivity index (χ0v) is 12.4. The Labute approximate surface area is 132 Å². The molecule has 1 fully saturated rings. The number of carbonyl (C=O) groups is 3. The average Bonchev–Trinajstić information content (AvgIpc) is 3.21. The van der Waals surface area contributed by atoms with Crippen molar-refractivity contribution in [3.05, 3.63) is 28.8 Å². The first kappa shape index (κ1) is 13.9. The van der Waals surface area contributed by atoms with Gasteiger partial charge in [0.05, 0.1) is 12.5 Å². The molecule has 0 radical (unpaired) electrons. The summed E-state index contributed by atoms with van der Waals surface area (Å²) >= 11 is 0. The lowest BCUT2D eigenvalue weighted by Gasteiger charge is -2.20. The molecule has 2 unspecified atom stereocenters. The molecule has 7 nitrogen and oxygen atoms in total. The summed E-state index contributed by atoms with van der Waals surface area (Å²) in [5, 5.41) is 2.24. The summed E-state index contributed by atoms with van der Waals surface area (Å²) in [4.78, 5) is 41.7. The predicted octanol–water partition coefficient (Wildman–Crippen LogP) is 0.545. The highest BCUT2D eigenvalue weighted by molar-refractivity contribution is 6.09. The molecular weight excluding hydrogens is 296 g/mol. The smallest absolute Gasteiger partial charge is 0.255 e. The van der Waals surface area contributed by atoms with Crippen LogP contribution in [-0.2, 0) is 16.1 Å². The maximum absolute atomic E-state index is 12.6. The number of hydrogen-bond acceptors (Lipinski definition) is 5. The molecular formula is C16H16N4O3. The molecule has 0 saturated carbocycles. The van der Waals surface area contributed by atoms with Crippen molar-refractivity contribution in [1.82, 2.24) is 10.2 Å².